The van der Waals surface area contributed by atoms with Crippen LogP contribution in [0.15, 0.2) is 61.1 Å². The van der Waals surface area contributed by atoms with Crippen molar-refractivity contribution in [2.75, 3.05) is 12.3 Å². The second kappa shape index (κ2) is 9.24. The smallest absolute Gasteiger partial charge is 0.299 e. The van der Waals surface area contributed by atoms with Gasteiger partial charge in [-0.15, -0.1) is 0 Å². The van der Waals surface area contributed by atoms with Gasteiger partial charge in [0.1, 0.15) is 29.5 Å². The second-order valence-corrected chi connectivity index (χ2v) is 8.04. The number of ether oxygens (including phenoxy) is 1. The van der Waals surface area contributed by atoms with Crippen molar-refractivity contribution in [1.82, 2.24) is 24.3 Å². The molecular weight excluding hydrogens is 428 g/mol. The highest BCUT2D eigenvalue weighted by atomic mass is 16.5. The summed E-state index contributed by atoms with van der Waals surface area (Å²) in [5, 5.41) is 0. The van der Waals surface area contributed by atoms with Crippen LogP contribution in [0.1, 0.15) is 37.2 Å². The van der Waals surface area contributed by atoms with Gasteiger partial charge in [0.25, 0.3) is 5.91 Å². The molecule has 4 heterocycles. The fourth-order valence-electron chi connectivity index (χ4n) is 4.32. The molecule has 34 heavy (non-hydrogen) atoms. The van der Waals surface area contributed by atoms with E-state index in [9.17, 15) is 4.79 Å². The van der Waals surface area contributed by atoms with E-state index in [1.165, 1.54) is 0 Å². The predicted octanol–water partition coefficient (Wildman–Crippen LogP) is 3.64. The third-order valence-corrected chi connectivity index (χ3v) is 5.89. The lowest BCUT2D eigenvalue weighted by atomic mass is 10.2. The lowest BCUT2D eigenvalue weighted by molar-refractivity contribution is -0.126. The van der Waals surface area contributed by atoms with Crippen LogP contribution in [0.3, 0.4) is 0 Å². The SMILES string of the molecule is CC#CC(=O)N1CCCC1c1nc(-c2ccc(OCc3ccccc3)nc2)c2c(N)nccn12. The maximum Gasteiger partial charge on any atom is 0.299 e. The molecule has 1 amide bonds. The van der Waals surface area contributed by atoms with Gasteiger partial charge in [-0.2, -0.15) is 0 Å². The number of benzene rings is 1. The molecule has 1 fully saturated rings. The van der Waals surface area contributed by atoms with Gasteiger partial charge in [-0.3, -0.25) is 9.20 Å². The number of fused-ring (bicyclic) bond motifs is 1. The average molecular weight is 453 g/mol. The van der Waals surface area contributed by atoms with Gasteiger partial charge < -0.3 is 15.4 Å². The Hall–Kier alpha value is -4.38. The first kappa shape index (κ1) is 21.5. The van der Waals surface area contributed by atoms with Gasteiger partial charge in [-0.1, -0.05) is 36.3 Å². The molecule has 170 valence electrons. The Bertz CT molecular complexity index is 1390. The van der Waals surface area contributed by atoms with Crippen LogP contribution in [0.4, 0.5) is 5.82 Å². The summed E-state index contributed by atoms with van der Waals surface area (Å²) in [7, 11) is 0. The van der Waals surface area contributed by atoms with Gasteiger partial charge in [0, 0.05) is 36.8 Å². The molecule has 0 spiro atoms. The molecule has 0 bridgehead atoms. The number of nitrogens with zero attached hydrogens (tertiary/aromatic N) is 5. The highest BCUT2D eigenvalue weighted by Gasteiger charge is 2.33. The van der Waals surface area contributed by atoms with Crippen LogP contribution in [-0.2, 0) is 11.4 Å². The summed E-state index contributed by atoms with van der Waals surface area (Å²) < 4.78 is 7.74. The van der Waals surface area contributed by atoms with Gasteiger partial charge in [0.15, 0.2) is 0 Å². The quantitative estimate of drug-likeness (QED) is 0.464. The summed E-state index contributed by atoms with van der Waals surface area (Å²) in [5.41, 5.74) is 9.49. The van der Waals surface area contributed by atoms with E-state index in [4.69, 9.17) is 15.5 Å². The average Bonchev–Trinajstić information content (AvgIpc) is 3.50. The van der Waals surface area contributed by atoms with Crippen LogP contribution in [0.2, 0.25) is 0 Å². The van der Waals surface area contributed by atoms with Gasteiger partial charge in [0.05, 0.1) is 6.04 Å². The summed E-state index contributed by atoms with van der Waals surface area (Å²) >= 11 is 0. The fourth-order valence-corrected chi connectivity index (χ4v) is 4.32. The molecular formula is C26H24N6O2. The van der Waals surface area contributed by atoms with E-state index in [-0.39, 0.29) is 11.9 Å². The number of nitrogen functional groups attached to an aromatic ring is 1. The number of anilines is 1. The largest absolute Gasteiger partial charge is 0.473 e. The van der Waals surface area contributed by atoms with Crippen LogP contribution in [0, 0.1) is 11.8 Å². The molecule has 2 N–H and O–H groups in total. The number of carbonyl (C=O) groups excluding carboxylic acids is 1. The van der Waals surface area contributed by atoms with Crippen molar-refractivity contribution in [3.8, 4) is 29.0 Å². The fraction of sp³-hybridized carbons (Fsp3) is 0.231. The molecule has 3 aromatic heterocycles. The number of imidazole rings is 1. The third kappa shape index (κ3) is 4.04. The number of carbonyl (C=O) groups is 1. The molecule has 8 nitrogen and oxygen atoms in total. The lowest BCUT2D eigenvalue weighted by Crippen LogP contribution is -2.30. The van der Waals surface area contributed by atoms with E-state index in [1.54, 1.807) is 24.2 Å². The maximum atomic E-state index is 12.6. The second-order valence-electron chi connectivity index (χ2n) is 8.04. The van der Waals surface area contributed by atoms with E-state index in [1.807, 2.05) is 53.1 Å². The summed E-state index contributed by atoms with van der Waals surface area (Å²) in [6.45, 7) is 2.75. The van der Waals surface area contributed by atoms with Gasteiger partial charge in [-0.05, 0) is 37.3 Å². The van der Waals surface area contributed by atoms with Gasteiger partial charge in [0.2, 0.25) is 5.88 Å². The molecule has 0 aliphatic carbocycles. The third-order valence-electron chi connectivity index (χ3n) is 5.89. The number of rotatable bonds is 5. The summed E-state index contributed by atoms with van der Waals surface area (Å²) in [4.78, 5) is 28.0. The van der Waals surface area contributed by atoms with Gasteiger partial charge >= 0.3 is 0 Å². The first-order valence-corrected chi connectivity index (χ1v) is 11.1. The Balaban J connectivity index is 1.48. The van der Waals surface area contributed by atoms with E-state index in [0.717, 1.165) is 29.8 Å². The van der Waals surface area contributed by atoms with Crippen molar-refractivity contribution >= 4 is 17.2 Å². The van der Waals surface area contributed by atoms with Crippen LogP contribution >= 0.6 is 0 Å². The first-order chi connectivity index (χ1) is 16.7. The van der Waals surface area contributed by atoms with Crippen molar-refractivity contribution in [1.29, 1.82) is 0 Å². The van der Waals surface area contributed by atoms with Crippen LogP contribution in [0.5, 0.6) is 5.88 Å². The Morgan fingerprint density at radius 2 is 2.06 bits per heavy atom. The Labute approximate surface area is 197 Å². The Kier molecular flexibility index (Phi) is 5.83. The highest BCUT2D eigenvalue weighted by molar-refractivity contribution is 5.94. The molecule has 0 saturated carbocycles. The van der Waals surface area contributed by atoms with Crippen LogP contribution in [0.25, 0.3) is 16.8 Å². The Morgan fingerprint density at radius 3 is 2.82 bits per heavy atom. The highest BCUT2D eigenvalue weighted by Crippen LogP contribution is 2.36. The molecule has 5 rings (SSSR count). The van der Waals surface area contributed by atoms with E-state index >= 15 is 0 Å². The standard InChI is InChI=1S/C26H24N6O2/c1-2-7-22(33)31-14-6-10-20(31)26-30-23(24-25(27)28-13-15-32(24)26)19-11-12-21(29-16-19)34-17-18-8-4-3-5-9-18/h3-5,8-9,11-13,15-16,20H,6,10,14,17H2,1H3,(H2,27,28). The number of nitrogens with two attached hydrogens (primary N) is 1. The topological polar surface area (TPSA) is 98.6 Å². The molecule has 1 atom stereocenters. The minimum Gasteiger partial charge on any atom is -0.473 e. The number of hydrogen-bond acceptors (Lipinski definition) is 6. The first-order valence-electron chi connectivity index (χ1n) is 11.1. The molecule has 1 aromatic carbocycles. The van der Waals surface area contributed by atoms with Crippen molar-refractivity contribution in [2.45, 2.75) is 32.4 Å². The molecule has 8 heteroatoms. The van der Waals surface area contributed by atoms with Crippen molar-refractivity contribution < 1.29 is 9.53 Å². The van der Waals surface area contributed by atoms with Crippen LogP contribution in [-0.4, -0.2) is 36.7 Å². The normalized spacial score (nSPS) is 15.2. The minimum atomic E-state index is -0.188. The molecule has 1 saturated heterocycles. The molecule has 0 radical (unpaired) electrons. The summed E-state index contributed by atoms with van der Waals surface area (Å²) in [6, 6.07) is 13.5. The van der Waals surface area contributed by atoms with E-state index in [2.05, 4.69) is 21.8 Å². The number of likely N-dealkylation sites (tertiary alicyclic amines) is 1. The summed E-state index contributed by atoms with van der Waals surface area (Å²) in [5.74, 6) is 6.80. The van der Waals surface area contributed by atoms with Crippen molar-refractivity contribution in [2.24, 2.45) is 0 Å². The molecule has 1 aliphatic heterocycles. The molecule has 4 aromatic rings. The zero-order valence-corrected chi connectivity index (χ0v) is 18.8. The lowest BCUT2D eigenvalue weighted by Gasteiger charge is -2.21. The Morgan fingerprint density at radius 1 is 1.21 bits per heavy atom. The van der Waals surface area contributed by atoms with E-state index < -0.39 is 0 Å². The minimum absolute atomic E-state index is 0.183. The van der Waals surface area contributed by atoms with Crippen LogP contribution < -0.4 is 10.5 Å². The van der Waals surface area contributed by atoms with E-state index in [0.29, 0.717) is 36.1 Å². The van der Waals surface area contributed by atoms with Gasteiger partial charge in [-0.25, -0.2) is 15.0 Å². The maximum absolute atomic E-state index is 12.6. The number of amides is 1. The number of pyridine rings is 1. The number of aromatic nitrogens is 4. The zero-order chi connectivity index (χ0) is 23.5. The predicted molar refractivity (Wildman–Crippen MR) is 129 cm³/mol. The monoisotopic (exact) mass is 452 g/mol. The molecule has 1 aliphatic rings. The zero-order valence-electron chi connectivity index (χ0n) is 18.8. The number of hydrogen-bond donors (Lipinski definition) is 1. The van der Waals surface area contributed by atoms with Crippen molar-refractivity contribution in [3.05, 3.63) is 72.4 Å². The summed E-state index contributed by atoms with van der Waals surface area (Å²) in [6.07, 6.45) is 6.89. The van der Waals surface area contributed by atoms with Crippen molar-refractivity contribution in [3.63, 3.8) is 0 Å². The molecule has 1 unspecified atom stereocenters.